The Morgan fingerprint density at radius 3 is 2.25 bits per heavy atom. The molecular weight excluding hydrogens is 589 g/mol. The van der Waals surface area contributed by atoms with Gasteiger partial charge in [0.05, 0.1) is 18.7 Å². The second kappa shape index (κ2) is 14.8. The molecule has 4 rings (SSSR count). The number of carbonyl (C=O) groups excluding carboxylic acids is 3. The zero-order valence-electron chi connectivity index (χ0n) is 24.2. The Bertz CT molecular complexity index is 1450. The van der Waals surface area contributed by atoms with Gasteiger partial charge in [-0.2, -0.15) is 0 Å². The molecule has 0 radical (unpaired) electrons. The molecule has 0 bridgehead atoms. The second-order valence-corrected chi connectivity index (χ2v) is 11.7. The van der Waals surface area contributed by atoms with E-state index in [2.05, 4.69) is 10.6 Å². The van der Waals surface area contributed by atoms with Gasteiger partial charge in [-0.25, -0.2) is 9.18 Å². The highest BCUT2D eigenvalue weighted by Crippen LogP contribution is 2.46. The molecule has 0 aromatic heterocycles. The number of hydrogen-bond acceptors (Lipinski definition) is 7. The van der Waals surface area contributed by atoms with E-state index in [0.29, 0.717) is 17.2 Å². The third-order valence-corrected chi connectivity index (χ3v) is 8.38. The zero-order chi connectivity index (χ0) is 31.8. The van der Waals surface area contributed by atoms with Gasteiger partial charge in [0, 0.05) is 11.4 Å². The van der Waals surface area contributed by atoms with E-state index in [1.165, 1.54) is 23.9 Å². The lowest BCUT2D eigenvalue weighted by atomic mass is 9.92. The van der Waals surface area contributed by atoms with Crippen LogP contribution in [0.15, 0.2) is 78.9 Å². The Labute approximate surface area is 258 Å². The highest BCUT2D eigenvalue weighted by atomic mass is 32.2. The SMILES string of the molecule is CC(C)[C@@H](NC(=O)CNC(=O)COc1ccc([C@@H]2[C@@H](SCC(O)c3ccccc3)C(=O)N2c2ccc(F)cc2)cc1)C(=O)O. The fourth-order valence-electron chi connectivity index (χ4n) is 4.68. The molecule has 1 fully saturated rings. The number of ether oxygens (including phenoxy) is 1. The summed E-state index contributed by atoms with van der Waals surface area (Å²) in [6.45, 7) is 2.55. The second-order valence-electron chi connectivity index (χ2n) is 10.6. The average Bonchev–Trinajstić information content (AvgIpc) is 3.01. The monoisotopic (exact) mass is 623 g/mol. The lowest BCUT2D eigenvalue weighted by Gasteiger charge is -2.47. The molecule has 3 aromatic rings. The van der Waals surface area contributed by atoms with Gasteiger partial charge in [-0.15, -0.1) is 11.8 Å². The molecule has 12 heteroatoms. The molecule has 4 N–H and O–H groups in total. The van der Waals surface area contributed by atoms with Gasteiger partial charge in [0.1, 0.15) is 22.9 Å². The maximum absolute atomic E-state index is 13.6. The van der Waals surface area contributed by atoms with Crippen molar-refractivity contribution >= 4 is 41.1 Å². The summed E-state index contributed by atoms with van der Waals surface area (Å²) in [5, 5.41) is 24.1. The van der Waals surface area contributed by atoms with Crippen LogP contribution in [0.3, 0.4) is 0 Å². The van der Waals surface area contributed by atoms with Crippen molar-refractivity contribution in [2.24, 2.45) is 5.92 Å². The Balaban J connectivity index is 1.37. The number of carboxylic acid groups (broad SMARTS) is 1. The highest BCUT2D eigenvalue weighted by Gasteiger charge is 2.49. The van der Waals surface area contributed by atoms with Crippen LogP contribution in [0.2, 0.25) is 0 Å². The molecule has 1 aliphatic rings. The van der Waals surface area contributed by atoms with E-state index in [0.717, 1.165) is 11.1 Å². The minimum Gasteiger partial charge on any atom is -0.484 e. The van der Waals surface area contributed by atoms with Gasteiger partial charge in [-0.1, -0.05) is 56.3 Å². The van der Waals surface area contributed by atoms with Crippen LogP contribution in [-0.2, 0) is 19.2 Å². The van der Waals surface area contributed by atoms with Gasteiger partial charge in [-0.3, -0.25) is 14.4 Å². The van der Waals surface area contributed by atoms with Crippen LogP contribution in [0.5, 0.6) is 5.75 Å². The number of nitrogens with one attached hydrogen (secondary N) is 2. The summed E-state index contributed by atoms with van der Waals surface area (Å²) in [5.41, 5.74) is 2.09. The van der Waals surface area contributed by atoms with E-state index in [4.69, 9.17) is 4.74 Å². The van der Waals surface area contributed by atoms with E-state index in [9.17, 15) is 33.8 Å². The summed E-state index contributed by atoms with van der Waals surface area (Å²) in [5.74, 6) is -2.58. The molecule has 0 spiro atoms. The molecule has 1 aliphatic heterocycles. The number of carbonyl (C=O) groups is 4. The predicted octanol–water partition coefficient (Wildman–Crippen LogP) is 3.47. The first-order valence-corrected chi connectivity index (χ1v) is 15.0. The molecule has 1 saturated heterocycles. The van der Waals surface area contributed by atoms with Crippen LogP contribution in [0.4, 0.5) is 10.1 Å². The van der Waals surface area contributed by atoms with Gasteiger partial charge in [0.15, 0.2) is 6.61 Å². The number of benzene rings is 3. The number of rotatable bonds is 14. The number of β-lactam (4-membered cyclic amide) rings is 1. The Hall–Kier alpha value is -4.42. The molecule has 0 saturated carbocycles. The van der Waals surface area contributed by atoms with E-state index in [1.54, 1.807) is 55.1 Å². The maximum atomic E-state index is 13.6. The predicted molar refractivity (Wildman–Crippen MR) is 164 cm³/mol. The van der Waals surface area contributed by atoms with Crippen LogP contribution in [0, 0.1) is 11.7 Å². The van der Waals surface area contributed by atoms with Crippen molar-refractivity contribution in [2.75, 3.05) is 23.8 Å². The molecule has 10 nitrogen and oxygen atoms in total. The van der Waals surface area contributed by atoms with Crippen LogP contribution in [0.25, 0.3) is 0 Å². The summed E-state index contributed by atoms with van der Waals surface area (Å²) < 4.78 is 19.1. The van der Waals surface area contributed by atoms with Gasteiger partial charge in [-0.05, 0) is 53.4 Å². The van der Waals surface area contributed by atoms with Crippen molar-refractivity contribution in [1.82, 2.24) is 10.6 Å². The van der Waals surface area contributed by atoms with E-state index >= 15 is 0 Å². The number of thioether (sulfide) groups is 1. The summed E-state index contributed by atoms with van der Waals surface area (Å²) >= 11 is 1.35. The first-order valence-electron chi connectivity index (χ1n) is 14.0. The Morgan fingerprint density at radius 1 is 0.977 bits per heavy atom. The van der Waals surface area contributed by atoms with Gasteiger partial charge < -0.3 is 30.5 Å². The van der Waals surface area contributed by atoms with Crippen LogP contribution in [-0.4, -0.2) is 64.1 Å². The third kappa shape index (κ3) is 8.14. The van der Waals surface area contributed by atoms with Crippen molar-refractivity contribution in [2.45, 2.75) is 37.3 Å². The molecule has 232 valence electrons. The number of nitrogens with zero attached hydrogens (tertiary/aromatic N) is 1. The van der Waals surface area contributed by atoms with Gasteiger partial charge in [0.2, 0.25) is 11.8 Å². The number of carboxylic acids is 1. The molecule has 1 heterocycles. The van der Waals surface area contributed by atoms with Crippen molar-refractivity contribution in [3.63, 3.8) is 0 Å². The fourth-order valence-corrected chi connectivity index (χ4v) is 5.98. The number of aliphatic carboxylic acids is 1. The van der Waals surface area contributed by atoms with Crippen molar-refractivity contribution < 1.29 is 38.5 Å². The topological polar surface area (TPSA) is 145 Å². The lowest BCUT2D eigenvalue weighted by molar-refractivity contribution is -0.143. The van der Waals surface area contributed by atoms with Crippen molar-refractivity contribution in [3.8, 4) is 5.75 Å². The fraction of sp³-hybridized carbons (Fsp3) is 0.312. The molecule has 3 amide bonds. The summed E-state index contributed by atoms with van der Waals surface area (Å²) in [6.07, 6.45) is -0.753. The highest BCUT2D eigenvalue weighted by molar-refractivity contribution is 8.00. The molecule has 3 aromatic carbocycles. The minimum atomic E-state index is -1.16. The van der Waals surface area contributed by atoms with E-state index < -0.39 is 53.6 Å². The molecule has 44 heavy (non-hydrogen) atoms. The Kier molecular flexibility index (Phi) is 11.0. The Morgan fingerprint density at radius 2 is 1.64 bits per heavy atom. The van der Waals surface area contributed by atoms with Crippen molar-refractivity contribution in [1.29, 1.82) is 0 Å². The number of amides is 3. The number of anilines is 1. The molecule has 1 unspecified atom stereocenters. The van der Waals surface area contributed by atoms with Crippen LogP contribution < -0.4 is 20.3 Å². The van der Waals surface area contributed by atoms with Crippen LogP contribution >= 0.6 is 11.8 Å². The maximum Gasteiger partial charge on any atom is 0.326 e. The minimum absolute atomic E-state index is 0.157. The normalized spacial score (nSPS) is 17.4. The summed E-state index contributed by atoms with van der Waals surface area (Å²) in [6, 6.07) is 20.3. The molecule has 0 aliphatic carbocycles. The quantitative estimate of drug-likeness (QED) is 0.200. The van der Waals surface area contributed by atoms with Crippen LogP contribution in [0.1, 0.15) is 37.1 Å². The number of aliphatic hydroxyl groups excluding tert-OH is 1. The van der Waals surface area contributed by atoms with Crippen molar-refractivity contribution in [3.05, 3.63) is 95.8 Å². The lowest BCUT2D eigenvalue weighted by Crippen LogP contribution is -2.57. The standard InChI is InChI=1S/C32H34FN3O7S/c1-19(2)28(32(41)42)35-26(38)16-34-27(39)17-43-24-14-8-21(9-15-24)29-30(44-18-25(37)20-6-4-3-5-7-20)31(40)36(29)23-12-10-22(33)11-13-23/h3-15,19,25,28-30,37H,16-18H2,1-2H3,(H,34,39)(H,35,38)(H,41,42)/t25?,28-,29-,30-/m1/s1. The average molecular weight is 624 g/mol. The number of aliphatic hydroxyl groups is 1. The summed E-state index contributed by atoms with van der Waals surface area (Å²) in [7, 11) is 0. The zero-order valence-corrected chi connectivity index (χ0v) is 25.0. The first kappa shape index (κ1) is 32.5. The molecule has 4 atom stereocenters. The molecular formula is C32H34FN3O7S. The smallest absolute Gasteiger partial charge is 0.326 e. The number of hydrogen-bond donors (Lipinski definition) is 4. The van der Waals surface area contributed by atoms with E-state index in [-0.39, 0.29) is 18.4 Å². The van der Waals surface area contributed by atoms with E-state index in [1.807, 2.05) is 30.3 Å². The largest absolute Gasteiger partial charge is 0.484 e. The first-order chi connectivity index (χ1) is 21.0. The number of halogens is 1. The third-order valence-electron chi connectivity index (χ3n) is 7.06. The van der Waals surface area contributed by atoms with Gasteiger partial charge in [0.25, 0.3) is 5.91 Å². The summed E-state index contributed by atoms with van der Waals surface area (Å²) in [4.78, 5) is 50.3. The van der Waals surface area contributed by atoms with Gasteiger partial charge >= 0.3 is 5.97 Å².